The van der Waals surface area contributed by atoms with Gasteiger partial charge in [0.15, 0.2) is 0 Å². The Balaban J connectivity index is 1.96. The van der Waals surface area contributed by atoms with E-state index >= 15 is 0 Å². The van der Waals surface area contributed by atoms with Gasteiger partial charge < -0.3 is 5.11 Å². The van der Waals surface area contributed by atoms with Crippen LogP contribution in [0.3, 0.4) is 0 Å². The molecule has 1 fully saturated rings. The zero-order valence-corrected chi connectivity index (χ0v) is 11.8. The van der Waals surface area contributed by atoms with Crippen molar-refractivity contribution in [1.29, 1.82) is 0 Å². The van der Waals surface area contributed by atoms with Gasteiger partial charge in [-0.25, -0.2) is 0 Å². The van der Waals surface area contributed by atoms with Gasteiger partial charge in [-0.3, -0.25) is 4.98 Å². The molecule has 0 amide bonds. The molecule has 1 aromatic heterocycles. The fourth-order valence-electron chi connectivity index (χ4n) is 2.99. The van der Waals surface area contributed by atoms with Gasteiger partial charge in [0.1, 0.15) is 0 Å². The molecule has 0 radical (unpaired) electrons. The van der Waals surface area contributed by atoms with E-state index in [9.17, 15) is 5.11 Å². The molecule has 100 valence electrons. The maximum Gasteiger partial charge on any atom is 0.0688 e. The second-order valence-electron chi connectivity index (χ2n) is 5.60. The predicted molar refractivity (Wildman–Crippen MR) is 74.8 cm³/mol. The Kier molecular flexibility index (Phi) is 4.63. The number of rotatable bonds is 4. The molecule has 0 aliphatic heterocycles. The van der Waals surface area contributed by atoms with E-state index in [0.29, 0.717) is 11.4 Å². The molecule has 0 atom stereocenters. The van der Waals surface area contributed by atoms with Gasteiger partial charge in [0.2, 0.25) is 0 Å². The first kappa shape index (κ1) is 13.8. The van der Waals surface area contributed by atoms with Crippen molar-refractivity contribution in [2.45, 2.75) is 57.5 Å². The lowest BCUT2D eigenvalue weighted by molar-refractivity contribution is -0.00986. The number of nitrogens with zero attached hydrogens (tertiary/aromatic N) is 1. The first-order valence-electron chi connectivity index (χ1n) is 6.94. The van der Waals surface area contributed by atoms with Gasteiger partial charge in [-0.15, -0.1) is 0 Å². The highest BCUT2D eigenvalue weighted by Crippen LogP contribution is 2.37. The summed E-state index contributed by atoms with van der Waals surface area (Å²) >= 11 is 6.11. The molecular formula is C15H22ClNO. The number of pyridine rings is 1. The number of aliphatic hydroxyl groups is 1. The highest BCUT2D eigenvalue weighted by atomic mass is 35.5. The monoisotopic (exact) mass is 267 g/mol. The van der Waals surface area contributed by atoms with Gasteiger partial charge in [0, 0.05) is 18.8 Å². The minimum absolute atomic E-state index is 0.560. The smallest absolute Gasteiger partial charge is 0.0688 e. The molecule has 1 saturated carbocycles. The predicted octanol–water partition coefficient (Wildman–Crippen LogP) is 4.00. The molecule has 1 aromatic rings. The average molecular weight is 268 g/mol. The summed E-state index contributed by atoms with van der Waals surface area (Å²) in [5.74, 6) is 0.809. The van der Waals surface area contributed by atoms with E-state index < -0.39 is 5.60 Å². The summed E-state index contributed by atoms with van der Waals surface area (Å²) in [5.41, 5.74) is 0.456. The van der Waals surface area contributed by atoms with Crippen LogP contribution in [0, 0.1) is 5.92 Å². The van der Waals surface area contributed by atoms with Crippen molar-refractivity contribution in [3.05, 3.63) is 29.0 Å². The minimum atomic E-state index is -0.560. The molecule has 1 aliphatic rings. The van der Waals surface area contributed by atoms with Crippen LogP contribution in [0.25, 0.3) is 0 Å². The Morgan fingerprint density at radius 2 is 2.17 bits per heavy atom. The molecule has 18 heavy (non-hydrogen) atoms. The van der Waals surface area contributed by atoms with Crippen molar-refractivity contribution >= 4 is 11.6 Å². The van der Waals surface area contributed by atoms with E-state index in [0.717, 1.165) is 37.2 Å². The van der Waals surface area contributed by atoms with Crippen LogP contribution in [0.1, 0.15) is 51.0 Å². The van der Waals surface area contributed by atoms with Crippen molar-refractivity contribution in [2.75, 3.05) is 0 Å². The molecule has 0 aromatic carbocycles. The Hall–Kier alpha value is -0.600. The Labute approximate surface area is 114 Å². The number of hydrogen-bond acceptors (Lipinski definition) is 2. The summed E-state index contributed by atoms with van der Waals surface area (Å²) in [6.45, 7) is 2.23. The molecule has 2 rings (SSSR count). The Bertz CT molecular complexity index is 386. The van der Waals surface area contributed by atoms with Gasteiger partial charge in [-0.1, -0.05) is 31.4 Å². The first-order valence-corrected chi connectivity index (χ1v) is 7.31. The van der Waals surface area contributed by atoms with E-state index in [1.807, 2.05) is 6.07 Å². The lowest BCUT2D eigenvalue weighted by Crippen LogP contribution is -2.36. The maximum absolute atomic E-state index is 10.7. The number of aromatic nitrogens is 1. The second-order valence-corrected chi connectivity index (χ2v) is 6.01. The van der Waals surface area contributed by atoms with Crippen molar-refractivity contribution in [2.24, 2.45) is 5.92 Å². The second kappa shape index (κ2) is 6.03. The number of hydrogen-bond donors (Lipinski definition) is 1. The van der Waals surface area contributed by atoms with Gasteiger partial charge in [0.05, 0.1) is 10.6 Å². The van der Waals surface area contributed by atoms with Crippen LogP contribution in [-0.4, -0.2) is 15.7 Å². The minimum Gasteiger partial charge on any atom is -0.390 e. The molecule has 0 saturated heterocycles. The molecule has 1 N–H and O–H groups in total. The molecule has 2 nitrogen and oxygen atoms in total. The third-order valence-electron chi connectivity index (χ3n) is 4.11. The average Bonchev–Trinajstić information content (AvgIpc) is 2.36. The van der Waals surface area contributed by atoms with Crippen molar-refractivity contribution in [1.82, 2.24) is 4.98 Å². The molecule has 0 bridgehead atoms. The van der Waals surface area contributed by atoms with Gasteiger partial charge >= 0.3 is 0 Å². The van der Waals surface area contributed by atoms with E-state index in [-0.39, 0.29) is 0 Å². The van der Waals surface area contributed by atoms with Gasteiger partial charge in [0.25, 0.3) is 0 Å². The van der Waals surface area contributed by atoms with E-state index in [4.69, 9.17) is 11.6 Å². The van der Waals surface area contributed by atoms with Crippen molar-refractivity contribution < 1.29 is 5.11 Å². The normalized spacial score (nSPS) is 28.3. The largest absolute Gasteiger partial charge is 0.390 e. The van der Waals surface area contributed by atoms with Gasteiger partial charge in [-0.2, -0.15) is 0 Å². The summed E-state index contributed by atoms with van der Waals surface area (Å²) in [6, 6.07) is 1.92. The Morgan fingerprint density at radius 3 is 2.78 bits per heavy atom. The molecule has 1 heterocycles. The van der Waals surface area contributed by atoms with Crippen LogP contribution >= 0.6 is 11.6 Å². The summed E-state index contributed by atoms with van der Waals surface area (Å²) in [7, 11) is 0. The summed E-state index contributed by atoms with van der Waals surface area (Å²) in [4.78, 5) is 3.98. The fraction of sp³-hybridized carbons (Fsp3) is 0.667. The van der Waals surface area contributed by atoms with Crippen LogP contribution < -0.4 is 0 Å². The topological polar surface area (TPSA) is 33.1 Å². The molecule has 3 heteroatoms. The SMILES string of the molecule is CCCC1CCC(O)(Cc2ccncc2Cl)CC1. The first-order chi connectivity index (χ1) is 8.63. The van der Waals surface area contributed by atoms with Crippen molar-refractivity contribution in [3.63, 3.8) is 0 Å². The number of halogens is 1. The van der Waals surface area contributed by atoms with E-state index in [1.54, 1.807) is 12.4 Å². The van der Waals surface area contributed by atoms with Gasteiger partial charge in [-0.05, 0) is 43.2 Å². The summed E-state index contributed by atoms with van der Waals surface area (Å²) in [6.07, 6.45) is 10.7. The third kappa shape index (κ3) is 3.46. The zero-order chi connectivity index (χ0) is 13.0. The summed E-state index contributed by atoms with van der Waals surface area (Å²) in [5, 5.41) is 11.3. The molecule has 0 unspecified atom stereocenters. The summed E-state index contributed by atoms with van der Waals surface area (Å²) < 4.78 is 0. The highest BCUT2D eigenvalue weighted by Gasteiger charge is 2.33. The molecule has 0 spiro atoms. The maximum atomic E-state index is 10.7. The third-order valence-corrected chi connectivity index (χ3v) is 4.45. The highest BCUT2D eigenvalue weighted by molar-refractivity contribution is 6.31. The van der Waals surface area contributed by atoms with Crippen LogP contribution in [0.2, 0.25) is 5.02 Å². The van der Waals surface area contributed by atoms with E-state index in [2.05, 4.69) is 11.9 Å². The molecular weight excluding hydrogens is 246 g/mol. The van der Waals surface area contributed by atoms with Crippen LogP contribution in [0.15, 0.2) is 18.5 Å². The van der Waals surface area contributed by atoms with Crippen molar-refractivity contribution in [3.8, 4) is 0 Å². The van der Waals surface area contributed by atoms with Crippen LogP contribution in [-0.2, 0) is 6.42 Å². The quantitative estimate of drug-likeness (QED) is 0.895. The molecule has 1 aliphatic carbocycles. The lowest BCUT2D eigenvalue weighted by Gasteiger charge is -2.36. The lowest BCUT2D eigenvalue weighted by atomic mass is 9.75. The standard InChI is InChI=1S/C15H22ClNO/c1-2-3-12-4-7-15(18,8-5-12)10-13-6-9-17-11-14(13)16/h6,9,11-12,18H,2-5,7-8,10H2,1H3. The van der Waals surface area contributed by atoms with E-state index in [1.165, 1.54) is 12.8 Å². The van der Waals surface area contributed by atoms with Crippen LogP contribution in [0.4, 0.5) is 0 Å². The zero-order valence-electron chi connectivity index (χ0n) is 11.0. The fourth-order valence-corrected chi connectivity index (χ4v) is 3.18. The Morgan fingerprint density at radius 1 is 1.44 bits per heavy atom. The van der Waals surface area contributed by atoms with Crippen LogP contribution in [0.5, 0.6) is 0 Å².